The molecular weight excluding hydrogens is 646 g/mol. The van der Waals surface area contributed by atoms with Gasteiger partial charge in [-0.3, -0.25) is 14.2 Å². The Morgan fingerprint density at radius 3 is 2.42 bits per heavy atom. The van der Waals surface area contributed by atoms with Crippen LogP contribution in [0.25, 0.3) is 16.8 Å². The minimum absolute atomic E-state index is 0.183. The Kier molecular flexibility index (Phi) is 9.71. The molecule has 246 valence electrons. The first kappa shape index (κ1) is 33.1. The lowest BCUT2D eigenvalue weighted by atomic mass is 9.93. The van der Waals surface area contributed by atoms with Crippen molar-refractivity contribution in [2.75, 3.05) is 27.3 Å². The van der Waals surface area contributed by atoms with E-state index in [1.165, 1.54) is 11.3 Å². The molecule has 1 aliphatic heterocycles. The highest BCUT2D eigenvalue weighted by molar-refractivity contribution is 7.07. The monoisotopic (exact) mass is 681 g/mol. The lowest BCUT2D eigenvalue weighted by Gasteiger charge is -2.30. The van der Waals surface area contributed by atoms with E-state index in [2.05, 4.69) is 0 Å². The maximum atomic E-state index is 14.6. The van der Waals surface area contributed by atoms with Crippen LogP contribution in [0, 0.1) is 0 Å². The molecule has 1 atom stereocenters. The van der Waals surface area contributed by atoms with Gasteiger partial charge >= 0.3 is 0 Å². The number of halogens is 1. The fraction of sp³-hybridized carbons (Fsp3) is 0.237. The zero-order chi connectivity index (χ0) is 33.9. The number of amides is 1. The number of fused-ring (bicyclic) bond motifs is 2. The normalized spacial score (nSPS) is 14.5. The second-order valence-electron chi connectivity index (χ2n) is 11.3. The molecule has 0 unspecified atom stereocenters. The highest BCUT2D eigenvalue weighted by Gasteiger charge is 2.36. The molecule has 0 spiro atoms. The first-order chi connectivity index (χ1) is 23.3. The molecule has 0 bridgehead atoms. The molecular formula is C38H36ClN3O5S. The van der Waals surface area contributed by atoms with Crippen LogP contribution in [0.4, 0.5) is 0 Å². The summed E-state index contributed by atoms with van der Waals surface area (Å²) in [7, 11) is 3.15. The van der Waals surface area contributed by atoms with Crippen LogP contribution in [0.15, 0.2) is 99.9 Å². The highest BCUT2D eigenvalue weighted by Crippen LogP contribution is 2.38. The standard InChI is InChI=1S/C38H36ClN3O5S/c1-6-41(7-2)37(44)34-23(3)40-38-42(35(34)30-20-27(45-4)17-19-31(30)46-5)36(43)33(48-38)21-29-28-11-9-8-10-25(28)14-18-32(29)47-22-24-12-15-26(39)16-13-24/h8-21,35H,6-7,22H2,1-5H3/b33-21+/t35-/m0/s1. The van der Waals surface area contributed by atoms with Gasteiger partial charge in [-0.25, -0.2) is 4.99 Å². The van der Waals surface area contributed by atoms with E-state index < -0.39 is 6.04 Å². The molecule has 10 heteroatoms. The number of carbonyl (C=O) groups excluding carboxylic acids is 1. The molecule has 1 amide bonds. The summed E-state index contributed by atoms with van der Waals surface area (Å²) < 4.78 is 19.8. The van der Waals surface area contributed by atoms with E-state index in [1.807, 2.05) is 93.6 Å². The van der Waals surface area contributed by atoms with E-state index in [0.29, 0.717) is 68.1 Å². The third kappa shape index (κ3) is 6.23. The second kappa shape index (κ2) is 14.1. The third-order valence-corrected chi connectivity index (χ3v) is 9.78. The van der Waals surface area contributed by atoms with Gasteiger partial charge in [-0.1, -0.05) is 65.4 Å². The van der Waals surface area contributed by atoms with Crippen LogP contribution in [0.5, 0.6) is 17.2 Å². The summed E-state index contributed by atoms with van der Waals surface area (Å²) in [6.45, 7) is 7.04. The van der Waals surface area contributed by atoms with Crippen LogP contribution in [-0.4, -0.2) is 42.7 Å². The largest absolute Gasteiger partial charge is 0.497 e. The predicted octanol–water partition coefficient (Wildman–Crippen LogP) is 6.51. The maximum Gasteiger partial charge on any atom is 0.271 e. The van der Waals surface area contributed by atoms with Gasteiger partial charge in [0.2, 0.25) is 0 Å². The fourth-order valence-electron chi connectivity index (χ4n) is 6.05. The van der Waals surface area contributed by atoms with E-state index in [1.54, 1.807) is 35.8 Å². The van der Waals surface area contributed by atoms with E-state index in [0.717, 1.165) is 21.9 Å². The van der Waals surface area contributed by atoms with Crippen molar-refractivity contribution in [3.8, 4) is 17.2 Å². The van der Waals surface area contributed by atoms with E-state index in [-0.39, 0.29) is 11.5 Å². The molecule has 0 N–H and O–H groups in total. The van der Waals surface area contributed by atoms with Gasteiger partial charge in [-0.2, -0.15) is 0 Å². The number of hydrogen-bond donors (Lipinski definition) is 0. The summed E-state index contributed by atoms with van der Waals surface area (Å²) in [5.74, 6) is 1.56. The number of hydrogen-bond acceptors (Lipinski definition) is 7. The Hall–Kier alpha value is -4.86. The number of aromatic nitrogens is 1. The van der Waals surface area contributed by atoms with Crippen molar-refractivity contribution in [2.24, 2.45) is 4.99 Å². The van der Waals surface area contributed by atoms with E-state index in [4.69, 9.17) is 30.8 Å². The van der Waals surface area contributed by atoms with Gasteiger partial charge in [-0.15, -0.1) is 0 Å². The van der Waals surface area contributed by atoms with Crippen LogP contribution in [-0.2, 0) is 11.4 Å². The first-order valence-electron chi connectivity index (χ1n) is 15.7. The molecule has 8 nitrogen and oxygen atoms in total. The summed E-state index contributed by atoms with van der Waals surface area (Å²) in [5.41, 5.74) is 3.06. The van der Waals surface area contributed by atoms with Crippen LogP contribution in [0.1, 0.15) is 43.5 Å². The van der Waals surface area contributed by atoms with Gasteiger partial charge in [-0.05, 0) is 79.6 Å². The third-order valence-electron chi connectivity index (χ3n) is 8.55. The number of benzene rings is 4. The van der Waals surface area contributed by atoms with Crippen molar-refractivity contribution in [3.63, 3.8) is 0 Å². The predicted molar refractivity (Wildman–Crippen MR) is 191 cm³/mol. The topological polar surface area (TPSA) is 82.4 Å². The minimum atomic E-state index is -0.797. The molecule has 0 saturated carbocycles. The van der Waals surface area contributed by atoms with Gasteiger partial charge < -0.3 is 19.1 Å². The Bertz CT molecular complexity index is 2220. The Morgan fingerprint density at radius 2 is 1.71 bits per heavy atom. The molecule has 5 aromatic rings. The quantitative estimate of drug-likeness (QED) is 0.168. The van der Waals surface area contributed by atoms with Gasteiger partial charge in [0, 0.05) is 29.2 Å². The minimum Gasteiger partial charge on any atom is -0.497 e. The van der Waals surface area contributed by atoms with Gasteiger partial charge in [0.1, 0.15) is 29.9 Å². The number of carbonyl (C=O) groups is 1. The molecule has 2 heterocycles. The number of likely N-dealkylation sites (N-methyl/N-ethyl adjacent to an activating group) is 1. The zero-order valence-corrected chi connectivity index (χ0v) is 29.0. The zero-order valence-electron chi connectivity index (χ0n) is 27.5. The highest BCUT2D eigenvalue weighted by atomic mass is 35.5. The average Bonchev–Trinajstić information content (AvgIpc) is 3.41. The number of ether oxygens (including phenoxy) is 3. The first-order valence-corrected chi connectivity index (χ1v) is 16.9. The van der Waals surface area contributed by atoms with Crippen LogP contribution in [0.3, 0.4) is 0 Å². The molecule has 0 radical (unpaired) electrons. The van der Waals surface area contributed by atoms with Crippen molar-refractivity contribution in [3.05, 3.63) is 132 Å². The number of rotatable bonds is 10. The van der Waals surface area contributed by atoms with Crippen LogP contribution in [0.2, 0.25) is 5.02 Å². The Labute approximate surface area is 287 Å². The average molecular weight is 682 g/mol. The number of allylic oxidation sites excluding steroid dienone is 1. The van der Waals surface area contributed by atoms with E-state index >= 15 is 0 Å². The van der Waals surface area contributed by atoms with Crippen molar-refractivity contribution in [1.29, 1.82) is 0 Å². The smallest absolute Gasteiger partial charge is 0.271 e. The fourth-order valence-corrected chi connectivity index (χ4v) is 7.20. The molecule has 4 aromatic carbocycles. The lowest BCUT2D eigenvalue weighted by Crippen LogP contribution is -2.43. The summed E-state index contributed by atoms with van der Waals surface area (Å²) in [4.78, 5) is 35.8. The second-order valence-corrected chi connectivity index (χ2v) is 12.7. The van der Waals surface area contributed by atoms with Crippen LogP contribution >= 0.6 is 22.9 Å². The van der Waals surface area contributed by atoms with Gasteiger partial charge in [0.25, 0.3) is 11.5 Å². The van der Waals surface area contributed by atoms with E-state index in [9.17, 15) is 9.59 Å². The van der Waals surface area contributed by atoms with Crippen molar-refractivity contribution < 1.29 is 19.0 Å². The molecule has 0 saturated heterocycles. The Morgan fingerprint density at radius 1 is 0.979 bits per heavy atom. The van der Waals surface area contributed by atoms with Crippen molar-refractivity contribution >= 4 is 45.7 Å². The van der Waals surface area contributed by atoms with Gasteiger partial charge in [0.05, 0.1) is 30.0 Å². The SMILES string of the molecule is CCN(CC)C(=O)C1=C(C)N=c2s/c(=C/c3c(OCc4ccc(Cl)cc4)ccc4ccccc34)c(=O)n2[C@H]1c1cc(OC)ccc1OC. The van der Waals surface area contributed by atoms with Gasteiger partial charge in [0.15, 0.2) is 4.80 Å². The molecule has 0 fully saturated rings. The summed E-state index contributed by atoms with van der Waals surface area (Å²) in [5, 5.41) is 2.61. The van der Waals surface area contributed by atoms with Crippen molar-refractivity contribution in [2.45, 2.75) is 33.4 Å². The van der Waals surface area contributed by atoms with Crippen LogP contribution < -0.4 is 29.1 Å². The number of methoxy groups -OCH3 is 2. The summed E-state index contributed by atoms with van der Waals surface area (Å²) >= 11 is 7.37. The molecule has 0 aliphatic carbocycles. The number of nitrogens with zero attached hydrogens (tertiary/aromatic N) is 3. The Balaban J connectivity index is 1.57. The van der Waals surface area contributed by atoms with Crippen molar-refractivity contribution in [1.82, 2.24) is 9.47 Å². The molecule has 1 aliphatic rings. The summed E-state index contributed by atoms with van der Waals surface area (Å²) in [6, 6.07) is 24.0. The number of thiazole rings is 1. The molecule has 48 heavy (non-hydrogen) atoms. The lowest BCUT2D eigenvalue weighted by molar-refractivity contribution is -0.127. The summed E-state index contributed by atoms with van der Waals surface area (Å²) in [6.07, 6.45) is 1.87. The maximum absolute atomic E-state index is 14.6. The molecule has 6 rings (SSSR count). The molecule has 1 aromatic heterocycles.